The van der Waals surface area contributed by atoms with Gasteiger partial charge in [0.2, 0.25) is 11.8 Å². The van der Waals surface area contributed by atoms with Gasteiger partial charge in [0.1, 0.15) is 12.3 Å². The quantitative estimate of drug-likeness (QED) is 0.892. The van der Waals surface area contributed by atoms with E-state index < -0.39 is 0 Å². The van der Waals surface area contributed by atoms with Crippen molar-refractivity contribution in [1.82, 2.24) is 4.90 Å². The van der Waals surface area contributed by atoms with E-state index in [1.54, 1.807) is 19.2 Å². The largest absolute Gasteiger partial charge is 0.495 e. The van der Waals surface area contributed by atoms with E-state index in [9.17, 15) is 9.59 Å². The highest BCUT2D eigenvalue weighted by Crippen LogP contribution is 2.22. The average molecular weight is 312 g/mol. The highest BCUT2D eigenvalue weighted by molar-refractivity contribution is 5.95. The van der Waals surface area contributed by atoms with Crippen molar-refractivity contribution >= 4 is 17.5 Å². The summed E-state index contributed by atoms with van der Waals surface area (Å²) in [4.78, 5) is 25.5. The Morgan fingerprint density at radius 3 is 2.35 bits per heavy atom. The fraction of sp³-hybridized carbons (Fsp3) is 0.222. The van der Waals surface area contributed by atoms with Gasteiger partial charge in [-0.1, -0.05) is 42.5 Å². The Hall–Kier alpha value is -2.82. The minimum absolute atomic E-state index is 0.0116. The molecule has 2 aromatic carbocycles. The minimum atomic E-state index is -0.263. The zero-order chi connectivity index (χ0) is 16.7. The number of carbonyl (C=O) groups is 2. The molecule has 0 radical (unpaired) electrons. The molecule has 5 nitrogen and oxygen atoms in total. The number of rotatable bonds is 6. The third-order valence-electron chi connectivity index (χ3n) is 3.38. The Morgan fingerprint density at radius 1 is 1.04 bits per heavy atom. The molecule has 0 aliphatic carbocycles. The molecular formula is C18H20N2O3. The Balaban J connectivity index is 2.02. The lowest BCUT2D eigenvalue weighted by molar-refractivity contribution is -0.133. The molecule has 0 aliphatic heterocycles. The molecule has 0 fully saturated rings. The number of methoxy groups -OCH3 is 1. The second-order valence-electron chi connectivity index (χ2n) is 5.11. The van der Waals surface area contributed by atoms with E-state index in [0.29, 0.717) is 18.0 Å². The van der Waals surface area contributed by atoms with Crippen LogP contribution in [0.15, 0.2) is 54.6 Å². The molecule has 2 amide bonds. The van der Waals surface area contributed by atoms with Gasteiger partial charge >= 0.3 is 0 Å². The SMILES string of the molecule is COc1ccccc1NC(=O)CN(Cc1ccccc1)C(C)=O. The van der Waals surface area contributed by atoms with Crippen molar-refractivity contribution in [3.63, 3.8) is 0 Å². The van der Waals surface area contributed by atoms with Gasteiger partial charge < -0.3 is 15.0 Å². The molecule has 0 saturated heterocycles. The van der Waals surface area contributed by atoms with Crippen LogP contribution in [-0.2, 0) is 16.1 Å². The van der Waals surface area contributed by atoms with Gasteiger partial charge in [0.25, 0.3) is 0 Å². The molecule has 5 heteroatoms. The summed E-state index contributed by atoms with van der Waals surface area (Å²) >= 11 is 0. The Morgan fingerprint density at radius 2 is 1.70 bits per heavy atom. The fourth-order valence-electron chi connectivity index (χ4n) is 2.19. The number of para-hydroxylation sites is 2. The standard InChI is InChI=1S/C18H20N2O3/c1-14(21)20(12-15-8-4-3-5-9-15)13-18(22)19-16-10-6-7-11-17(16)23-2/h3-11H,12-13H2,1-2H3,(H,19,22). The van der Waals surface area contributed by atoms with Crippen molar-refractivity contribution in [3.8, 4) is 5.75 Å². The van der Waals surface area contributed by atoms with E-state index in [2.05, 4.69) is 5.32 Å². The predicted octanol–water partition coefficient (Wildman–Crippen LogP) is 2.68. The van der Waals surface area contributed by atoms with Gasteiger partial charge in [-0.25, -0.2) is 0 Å². The Bertz CT molecular complexity index is 671. The summed E-state index contributed by atoms with van der Waals surface area (Å²) in [5.41, 5.74) is 1.57. The van der Waals surface area contributed by atoms with Crippen molar-refractivity contribution in [2.24, 2.45) is 0 Å². The van der Waals surface area contributed by atoms with Gasteiger partial charge in [-0.2, -0.15) is 0 Å². The first kappa shape index (κ1) is 16.5. The van der Waals surface area contributed by atoms with E-state index in [1.165, 1.54) is 11.8 Å². The van der Waals surface area contributed by atoms with E-state index in [4.69, 9.17) is 4.74 Å². The van der Waals surface area contributed by atoms with Gasteiger partial charge in [-0.15, -0.1) is 0 Å². The number of benzene rings is 2. The van der Waals surface area contributed by atoms with E-state index >= 15 is 0 Å². The second-order valence-corrected chi connectivity index (χ2v) is 5.11. The lowest BCUT2D eigenvalue weighted by Gasteiger charge is -2.21. The molecule has 0 aromatic heterocycles. The smallest absolute Gasteiger partial charge is 0.244 e. The number of hydrogen-bond donors (Lipinski definition) is 1. The molecule has 0 saturated carbocycles. The Kier molecular flexibility index (Phi) is 5.74. The first-order chi connectivity index (χ1) is 11.1. The predicted molar refractivity (Wildman–Crippen MR) is 89.2 cm³/mol. The molecule has 0 atom stereocenters. The van der Waals surface area contributed by atoms with E-state index in [-0.39, 0.29) is 18.4 Å². The monoisotopic (exact) mass is 312 g/mol. The summed E-state index contributed by atoms with van der Waals surface area (Å²) in [5, 5.41) is 2.77. The molecule has 2 rings (SSSR count). The number of nitrogens with one attached hydrogen (secondary N) is 1. The summed E-state index contributed by atoms with van der Waals surface area (Å²) < 4.78 is 5.20. The van der Waals surface area contributed by atoms with Gasteiger partial charge in [0, 0.05) is 13.5 Å². The van der Waals surface area contributed by atoms with Crippen molar-refractivity contribution < 1.29 is 14.3 Å². The third-order valence-corrected chi connectivity index (χ3v) is 3.38. The molecule has 0 spiro atoms. The maximum absolute atomic E-state index is 12.2. The van der Waals surface area contributed by atoms with Crippen LogP contribution in [0, 0.1) is 0 Å². The van der Waals surface area contributed by atoms with Crippen molar-refractivity contribution in [1.29, 1.82) is 0 Å². The zero-order valence-electron chi connectivity index (χ0n) is 13.3. The van der Waals surface area contributed by atoms with Crippen LogP contribution in [0.2, 0.25) is 0 Å². The van der Waals surface area contributed by atoms with Gasteiger partial charge in [-0.05, 0) is 17.7 Å². The van der Waals surface area contributed by atoms with E-state index in [1.807, 2.05) is 42.5 Å². The number of carbonyl (C=O) groups excluding carboxylic acids is 2. The van der Waals surface area contributed by atoms with Gasteiger partial charge in [0.05, 0.1) is 12.8 Å². The summed E-state index contributed by atoms with van der Waals surface area (Å²) in [5.74, 6) is 0.169. The summed E-state index contributed by atoms with van der Waals surface area (Å²) in [7, 11) is 1.54. The first-order valence-electron chi connectivity index (χ1n) is 7.32. The maximum Gasteiger partial charge on any atom is 0.244 e. The molecule has 23 heavy (non-hydrogen) atoms. The summed E-state index contributed by atoms with van der Waals surface area (Å²) in [6, 6.07) is 16.7. The fourth-order valence-corrected chi connectivity index (χ4v) is 2.19. The summed E-state index contributed by atoms with van der Waals surface area (Å²) in [6.07, 6.45) is 0. The van der Waals surface area contributed by atoms with Crippen LogP contribution in [0.4, 0.5) is 5.69 Å². The molecule has 1 N–H and O–H groups in total. The first-order valence-corrected chi connectivity index (χ1v) is 7.32. The number of hydrogen-bond acceptors (Lipinski definition) is 3. The van der Waals surface area contributed by atoms with Crippen molar-refractivity contribution in [2.75, 3.05) is 19.0 Å². The van der Waals surface area contributed by atoms with Crippen LogP contribution in [0.3, 0.4) is 0 Å². The molecule has 0 aliphatic rings. The lowest BCUT2D eigenvalue weighted by atomic mass is 10.2. The molecule has 2 aromatic rings. The van der Waals surface area contributed by atoms with E-state index in [0.717, 1.165) is 5.56 Å². The Labute approximate surface area is 135 Å². The molecule has 0 unspecified atom stereocenters. The number of anilines is 1. The van der Waals surface area contributed by atoms with Gasteiger partial charge in [0.15, 0.2) is 0 Å². The minimum Gasteiger partial charge on any atom is -0.495 e. The lowest BCUT2D eigenvalue weighted by Crippen LogP contribution is -2.36. The van der Waals surface area contributed by atoms with Crippen LogP contribution in [0.1, 0.15) is 12.5 Å². The van der Waals surface area contributed by atoms with Crippen LogP contribution in [-0.4, -0.2) is 30.4 Å². The summed E-state index contributed by atoms with van der Waals surface area (Å²) in [6.45, 7) is 1.84. The normalized spacial score (nSPS) is 10.0. The zero-order valence-corrected chi connectivity index (χ0v) is 13.3. The van der Waals surface area contributed by atoms with Crippen LogP contribution >= 0.6 is 0 Å². The molecule has 0 heterocycles. The topological polar surface area (TPSA) is 58.6 Å². The second kappa shape index (κ2) is 7.98. The molecule has 120 valence electrons. The highest BCUT2D eigenvalue weighted by Gasteiger charge is 2.15. The highest BCUT2D eigenvalue weighted by atomic mass is 16.5. The number of nitrogens with zero attached hydrogens (tertiary/aromatic N) is 1. The van der Waals surface area contributed by atoms with Crippen molar-refractivity contribution in [2.45, 2.75) is 13.5 Å². The third kappa shape index (κ3) is 4.85. The van der Waals surface area contributed by atoms with Crippen LogP contribution in [0.5, 0.6) is 5.75 Å². The maximum atomic E-state index is 12.2. The number of ether oxygens (including phenoxy) is 1. The van der Waals surface area contributed by atoms with Crippen LogP contribution < -0.4 is 10.1 Å². The molecular weight excluding hydrogens is 292 g/mol. The molecule has 0 bridgehead atoms. The van der Waals surface area contributed by atoms with Crippen molar-refractivity contribution in [3.05, 3.63) is 60.2 Å². The van der Waals surface area contributed by atoms with Gasteiger partial charge in [-0.3, -0.25) is 9.59 Å². The average Bonchev–Trinajstić information content (AvgIpc) is 2.55. The number of amides is 2. The van der Waals surface area contributed by atoms with Crippen LogP contribution in [0.25, 0.3) is 0 Å².